The molecule has 28 heavy (non-hydrogen) atoms. The summed E-state index contributed by atoms with van der Waals surface area (Å²) in [5.74, 6) is 0.665. The van der Waals surface area contributed by atoms with Gasteiger partial charge in [0.05, 0.1) is 23.9 Å². The van der Waals surface area contributed by atoms with Gasteiger partial charge in [0.1, 0.15) is 0 Å². The van der Waals surface area contributed by atoms with Gasteiger partial charge >= 0.3 is 0 Å². The third-order valence-corrected chi connectivity index (χ3v) is 4.98. The second kappa shape index (κ2) is 6.46. The molecule has 0 saturated heterocycles. The minimum atomic E-state index is 0.665. The van der Waals surface area contributed by atoms with E-state index in [4.69, 9.17) is 14.8 Å². The maximum Gasteiger partial charge on any atom is 0.225 e. The van der Waals surface area contributed by atoms with Crippen LogP contribution < -0.4 is 4.74 Å². The molecule has 5 heteroatoms. The predicted molar refractivity (Wildman–Crippen MR) is 110 cm³/mol. The first kappa shape index (κ1) is 16.4. The highest BCUT2D eigenvalue weighted by Crippen LogP contribution is 2.34. The summed E-state index contributed by atoms with van der Waals surface area (Å²) in [7, 11) is 1.67. The van der Waals surface area contributed by atoms with Crippen LogP contribution in [0.4, 0.5) is 0 Å². The Morgan fingerprint density at radius 1 is 0.893 bits per heavy atom. The zero-order valence-corrected chi connectivity index (χ0v) is 15.6. The Hall–Kier alpha value is -3.73. The fourth-order valence-corrected chi connectivity index (χ4v) is 3.58. The van der Waals surface area contributed by atoms with Gasteiger partial charge in [-0.15, -0.1) is 0 Å². The first-order valence-corrected chi connectivity index (χ1v) is 9.09. The molecule has 0 saturated carbocycles. The number of hydrogen-bond donors (Lipinski definition) is 0. The van der Waals surface area contributed by atoms with E-state index in [1.165, 1.54) is 0 Å². The molecule has 0 aliphatic rings. The van der Waals surface area contributed by atoms with Gasteiger partial charge in [-0.1, -0.05) is 42.5 Å². The Kier molecular flexibility index (Phi) is 3.79. The van der Waals surface area contributed by atoms with E-state index in [-0.39, 0.29) is 0 Å². The lowest BCUT2D eigenvalue weighted by Gasteiger charge is -2.10. The molecule has 0 bridgehead atoms. The standard InChI is InChI=1S/C23H18N4O/c1-15-21(16-7-4-3-5-8-16)26-27-22(15)25-14-19(23(27)28-2)17-10-11-20-18(13-17)9-6-12-24-20/h3-14H,1-2H3. The van der Waals surface area contributed by atoms with Gasteiger partial charge in [-0.05, 0) is 30.7 Å². The Balaban J connectivity index is 1.74. The predicted octanol–water partition coefficient (Wildman–Crippen LogP) is 4.93. The molecule has 5 nitrogen and oxygen atoms in total. The summed E-state index contributed by atoms with van der Waals surface area (Å²) in [5, 5.41) is 5.89. The van der Waals surface area contributed by atoms with Crippen LogP contribution in [0.2, 0.25) is 0 Å². The number of methoxy groups -OCH3 is 1. The monoisotopic (exact) mass is 366 g/mol. The Morgan fingerprint density at radius 2 is 1.75 bits per heavy atom. The van der Waals surface area contributed by atoms with Gasteiger partial charge in [0.2, 0.25) is 5.88 Å². The maximum atomic E-state index is 5.77. The molecule has 0 amide bonds. The molecule has 3 heterocycles. The first-order chi connectivity index (χ1) is 13.8. The number of nitrogens with zero attached hydrogens (tertiary/aromatic N) is 4. The lowest BCUT2D eigenvalue weighted by atomic mass is 10.1. The normalized spacial score (nSPS) is 11.2. The lowest BCUT2D eigenvalue weighted by molar-refractivity contribution is 0.387. The van der Waals surface area contributed by atoms with E-state index in [2.05, 4.69) is 29.2 Å². The lowest BCUT2D eigenvalue weighted by Crippen LogP contribution is -2.00. The van der Waals surface area contributed by atoms with Crippen molar-refractivity contribution < 1.29 is 4.74 Å². The number of aromatic nitrogens is 4. The highest BCUT2D eigenvalue weighted by Gasteiger charge is 2.18. The fraction of sp³-hybridized carbons (Fsp3) is 0.0870. The quantitative estimate of drug-likeness (QED) is 0.454. The topological polar surface area (TPSA) is 52.3 Å². The molecule has 0 aliphatic carbocycles. The third-order valence-electron chi connectivity index (χ3n) is 4.98. The van der Waals surface area contributed by atoms with Gasteiger partial charge in [-0.3, -0.25) is 4.98 Å². The summed E-state index contributed by atoms with van der Waals surface area (Å²) in [6.07, 6.45) is 3.66. The minimum absolute atomic E-state index is 0.665. The minimum Gasteiger partial charge on any atom is -0.480 e. The summed E-state index contributed by atoms with van der Waals surface area (Å²) < 4.78 is 7.57. The second-order valence-electron chi connectivity index (χ2n) is 6.67. The molecule has 0 spiro atoms. The zero-order valence-electron chi connectivity index (χ0n) is 15.6. The maximum absolute atomic E-state index is 5.77. The largest absolute Gasteiger partial charge is 0.480 e. The molecule has 0 atom stereocenters. The Morgan fingerprint density at radius 3 is 2.57 bits per heavy atom. The van der Waals surface area contributed by atoms with Crippen LogP contribution >= 0.6 is 0 Å². The molecular weight excluding hydrogens is 348 g/mol. The van der Waals surface area contributed by atoms with E-state index in [1.54, 1.807) is 17.8 Å². The smallest absolute Gasteiger partial charge is 0.225 e. The van der Waals surface area contributed by atoms with Crippen LogP contribution in [0.3, 0.4) is 0 Å². The molecule has 136 valence electrons. The highest BCUT2D eigenvalue weighted by molar-refractivity contribution is 5.85. The van der Waals surface area contributed by atoms with Crippen LogP contribution in [0.5, 0.6) is 5.88 Å². The Labute approximate surface area is 162 Å². The number of ether oxygens (including phenoxy) is 1. The van der Waals surface area contributed by atoms with Gasteiger partial charge in [0.25, 0.3) is 0 Å². The molecule has 0 aliphatic heterocycles. The van der Waals surface area contributed by atoms with Crippen LogP contribution in [0, 0.1) is 6.92 Å². The summed E-state index contributed by atoms with van der Waals surface area (Å²) >= 11 is 0. The molecule has 2 aromatic carbocycles. The number of aryl methyl sites for hydroxylation is 1. The van der Waals surface area contributed by atoms with Crippen LogP contribution in [0.25, 0.3) is 38.9 Å². The molecular formula is C23H18N4O. The SMILES string of the molecule is COc1c(-c2ccc3ncccc3c2)cnc2c(C)c(-c3ccccc3)nn12. The second-order valence-corrected chi connectivity index (χ2v) is 6.67. The van der Waals surface area contributed by atoms with E-state index in [9.17, 15) is 0 Å². The van der Waals surface area contributed by atoms with Gasteiger partial charge < -0.3 is 4.74 Å². The van der Waals surface area contributed by atoms with Crippen molar-refractivity contribution in [2.24, 2.45) is 0 Å². The van der Waals surface area contributed by atoms with Crippen molar-refractivity contribution in [3.63, 3.8) is 0 Å². The van der Waals surface area contributed by atoms with Crippen molar-refractivity contribution in [1.82, 2.24) is 19.6 Å². The summed E-state index contributed by atoms with van der Waals surface area (Å²) in [6.45, 7) is 2.04. The van der Waals surface area contributed by atoms with E-state index < -0.39 is 0 Å². The first-order valence-electron chi connectivity index (χ1n) is 9.09. The molecule has 3 aromatic heterocycles. The molecule has 5 rings (SSSR count). The third kappa shape index (κ3) is 2.52. The molecule has 0 unspecified atom stereocenters. The summed E-state index contributed by atoms with van der Waals surface area (Å²) in [5.41, 5.74) is 6.65. The van der Waals surface area contributed by atoms with Crippen LogP contribution in [0.15, 0.2) is 73.1 Å². The van der Waals surface area contributed by atoms with Crippen molar-refractivity contribution in [1.29, 1.82) is 0 Å². The average Bonchev–Trinajstić information content (AvgIpc) is 3.10. The van der Waals surface area contributed by atoms with Gasteiger partial charge in [0.15, 0.2) is 5.65 Å². The van der Waals surface area contributed by atoms with Crippen molar-refractivity contribution in [2.75, 3.05) is 7.11 Å². The van der Waals surface area contributed by atoms with E-state index in [1.807, 2.05) is 49.5 Å². The Bertz CT molecular complexity index is 1310. The molecule has 5 aromatic rings. The molecule has 0 N–H and O–H groups in total. The molecule has 0 fully saturated rings. The highest BCUT2D eigenvalue weighted by atomic mass is 16.5. The van der Waals surface area contributed by atoms with E-state index in [0.717, 1.165) is 44.5 Å². The van der Waals surface area contributed by atoms with Crippen molar-refractivity contribution in [2.45, 2.75) is 6.92 Å². The van der Waals surface area contributed by atoms with Gasteiger partial charge in [-0.2, -0.15) is 9.61 Å². The number of fused-ring (bicyclic) bond motifs is 2. The summed E-state index contributed by atoms with van der Waals surface area (Å²) in [4.78, 5) is 9.09. The van der Waals surface area contributed by atoms with Crippen molar-refractivity contribution in [3.8, 4) is 28.3 Å². The van der Waals surface area contributed by atoms with Crippen LogP contribution in [-0.4, -0.2) is 26.7 Å². The van der Waals surface area contributed by atoms with E-state index in [0.29, 0.717) is 5.88 Å². The number of benzene rings is 2. The molecule has 0 radical (unpaired) electrons. The number of rotatable bonds is 3. The van der Waals surface area contributed by atoms with Crippen LogP contribution in [-0.2, 0) is 0 Å². The van der Waals surface area contributed by atoms with Crippen LogP contribution in [0.1, 0.15) is 5.56 Å². The van der Waals surface area contributed by atoms with Gasteiger partial charge in [0, 0.05) is 28.9 Å². The zero-order chi connectivity index (χ0) is 19.1. The van der Waals surface area contributed by atoms with E-state index >= 15 is 0 Å². The van der Waals surface area contributed by atoms with Gasteiger partial charge in [-0.25, -0.2) is 4.98 Å². The summed E-state index contributed by atoms with van der Waals surface area (Å²) in [6, 6.07) is 20.3. The van der Waals surface area contributed by atoms with Crippen molar-refractivity contribution in [3.05, 3.63) is 78.6 Å². The number of hydrogen-bond acceptors (Lipinski definition) is 4. The fourth-order valence-electron chi connectivity index (χ4n) is 3.58. The number of pyridine rings is 1. The average molecular weight is 366 g/mol. The van der Waals surface area contributed by atoms with Crippen molar-refractivity contribution >= 4 is 16.6 Å².